The van der Waals surface area contributed by atoms with Gasteiger partial charge < -0.3 is 5.32 Å². The number of aryl methyl sites for hydroxylation is 4. The van der Waals surface area contributed by atoms with Gasteiger partial charge in [0.15, 0.2) is 0 Å². The van der Waals surface area contributed by atoms with Gasteiger partial charge in [-0.3, -0.25) is 9.48 Å². The molecule has 0 fully saturated rings. The van der Waals surface area contributed by atoms with Crippen LogP contribution < -0.4 is 5.32 Å². The Morgan fingerprint density at radius 1 is 1.33 bits per heavy atom. The lowest BCUT2D eigenvalue weighted by atomic mass is 10.1. The van der Waals surface area contributed by atoms with Gasteiger partial charge in [-0.25, -0.2) is 0 Å². The second-order valence-electron chi connectivity index (χ2n) is 5.05. The molecule has 110 valence electrons. The molecule has 0 bridgehead atoms. The van der Waals surface area contributed by atoms with Crippen LogP contribution in [0, 0.1) is 20.8 Å². The molecular weight excluding hydrogens is 286 g/mol. The van der Waals surface area contributed by atoms with Crippen LogP contribution in [0.2, 0.25) is 5.15 Å². The number of nitrogens with one attached hydrogen (secondary N) is 1. The lowest BCUT2D eigenvalue weighted by Crippen LogP contribution is -2.09. The topological polar surface area (TPSA) is 46.9 Å². The van der Waals surface area contributed by atoms with E-state index in [-0.39, 0.29) is 5.91 Å². The van der Waals surface area contributed by atoms with Crippen molar-refractivity contribution in [2.24, 2.45) is 7.05 Å². The van der Waals surface area contributed by atoms with Crippen molar-refractivity contribution in [3.8, 4) is 0 Å². The summed E-state index contributed by atoms with van der Waals surface area (Å²) in [5.41, 5.74) is 4.50. The molecule has 0 aliphatic rings. The summed E-state index contributed by atoms with van der Waals surface area (Å²) in [6, 6.07) is 5.94. The van der Waals surface area contributed by atoms with Crippen molar-refractivity contribution < 1.29 is 4.79 Å². The highest BCUT2D eigenvalue weighted by Crippen LogP contribution is 2.20. The number of anilines is 1. The van der Waals surface area contributed by atoms with Gasteiger partial charge in [-0.05, 0) is 44.0 Å². The van der Waals surface area contributed by atoms with Crippen LogP contribution in [0.15, 0.2) is 24.3 Å². The predicted molar refractivity (Wildman–Crippen MR) is 86.5 cm³/mol. The molecule has 1 N–H and O–H groups in total. The molecule has 2 aromatic rings. The summed E-state index contributed by atoms with van der Waals surface area (Å²) in [4.78, 5) is 12.0. The molecule has 0 saturated heterocycles. The van der Waals surface area contributed by atoms with Gasteiger partial charge in [0.05, 0.1) is 5.69 Å². The van der Waals surface area contributed by atoms with Crippen LogP contribution in [-0.4, -0.2) is 15.7 Å². The van der Waals surface area contributed by atoms with E-state index in [0.717, 1.165) is 28.1 Å². The third-order valence-corrected chi connectivity index (χ3v) is 3.70. The summed E-state index contributed by atoms with van der Waals surface area (Å²) in [7, 11) is 1.77. The Morgan fingerprint density at radius 2 is 2.05 bits per heavy atom. The van der Waals surface area contributed by atoms with Crippen molar-refractivity contribution in [3.05, 3.63) is 51.8 Å². The standard InChI is InChI=1S/C16H18ClN3O/c1-10-5-6-11(2)14(9-10)18-15(21)8-7-13-12(3)19-20(4)16(13)17/h5-9H,1-4H3,(H,18,21)/b8-7+. The number of rotatable bonds is 3. The molecular formula is C16H18ClN3O. The number of hydrogen-bond donors (Lipinski definition) is 1. The number of benzene rings is 1. The van der Waals surface area contributed by atoms with E-state index in [9.17, 15) is 4.79 Å². The first-order valence-electron chi connectivity index (χ1n) is 6.64. The highest BCUT2D eigenvalue weighted by molar-refractivity contribution is 6.31. The zero-order valence-corrected chi connectivity index (χ0v) is 13.3. The van der Waals surface area contributed by atoms with Crippen molar-refractivity contribution in [1.82, 2.24) is 9.78 Å². The highest BCUT2D eigenvalue weighted by atomic mass is 35.5. The van der Waals surface area contributed by atoms with Gasteiger partial charge >= 0.3 is 0 Å². The molecule has 1 aromatic heterocycles. The van der Waals surface area contributed by atoms with Crippen LogP contribution in [-0.2, 0) is 11.8 Å². The van der Waals surface area contributed by atoms with Crippen LogP contribution in [0.5, 0.6) is 0 Å². The molecule has 0 saturated carbocycles. The highest BCUT2D eigenvalue weighted by Gasteiger charge is 2.08. The first kappa shape index (κ1) is 15.3. The van der Waals surface area contributed by atoms with Crippen LogP contribution in [0.25, 0.3) is 6.08 Å². The van der Waals surface area contributed by atoms with E-state index >= 15 is 0 Å². The summed E-state index contributed by atoms with van der Waals surface area (Å²) in [6.45, 7) is 5.80. The molecule has 0 atom stereocenters. The second-order valence-corrected chi connectivity index (χ2v) is 5.41. The fourth-order valence-electron chi connectivity index (χ4n) is 2.04. The number of halogens is 1. The van der Waals surface area contributed by atoms with Crippen molar-refractivity contribution >= 4 is 29.3 Å². The fraction of sp³-hybridized carbons (Fsp3) is 0.250. The Morgan fingerprint density at radius 3 is 2.67 bits per heavy atom. The van der Waals surface area contributed by atoms with E-state index in [1.165, 1.54) is 6.08 Å². The largest absolute Gasteiger partial charge is 0.322 e. The van der Waals surface area contributed by atoms with E-state index in [0.29, 0.717) is 5.15 Å². The molecule has 0 aliphatic carbocycles. The van der Waals surface area contributed by atoms with Crippen LogP contribution in [0.1, 0.15) is 22.4 Å². The molecule has 0 radical (unpaired) electrons. The number of aromatic nitrogens is 2. The molecule has 0 unspecified atom stereocenters. The number of carbonyl (C=O) groups excluding carboxylic acids is 1. The molecule has 21 heavy (non-hydrogen) atoms. The van der Waals surface area contributed by atoms with Crippen molar-refractivity contribution in [2.75, 3.05) is 5.32 Å². The Kier molecular flexibility index (Phi) is 4.48. The van der Waals surface area contributed by atoms with Crippen molar-refractivity contribution in [3.63, 3.8) is 0 Å². The number of amides is 1. The summed E-state index contributed by atoms with van der Waals surface area (Å²) >= 11 is 6.12. The number of nitrogens with zero attached hydrogens (tertiary/aromatic N) is 2. The van der Waals surface area contributed by atoms with E-state index in [1.54, 1.807) is 17.8 Å². The van der Waals surface area contributed by atoms with Crippen LogP contribution >= 0.6 is 11.6 Å². The van der Waals surface area contributed by atoms with E-state index in [2.05, 4.69) is 10.4 Å². The van der Waals surface area contributed by atoms with Crippen LogP contribution in [0.4, 0.5) is 5.69 Å². The second kappa shape index (κ2) is 6.14. The molecule has 1 amide bonds. The monoisotopic (exact) mass is 303 g/mol. The minimum atomic E-state index is -0.192. The van der Waals surface area contributed by atoms with E-state index in [1.807, 2.05) is 39.0 Å². The van der Waals surface area contributed by atoms with E-state index < -0.39 is 0 Å². The van der Waals surface area contributed by atoms with Crippen LogP contribution in [0.3, 0.4) is 0 Å². The Bertz CT molecular complexity index is 717. The van der Waals surface area contributed by atoms with Gasteiger partial charge in [0.25, 0.3) is 0 Å². The number of hydrogen-bond acceptors (Lipinski definition) is 2. The Balaban J connectivity index is 2.15. The number of carbonyl (C=O) groups is 1. The summed E-state index contributed by atoms with van der Waals surface area (Å²) in [5.74, 6) is -0.192. The average molecular weight is 304 g/mol. The van der Waals surface area contributed by atoms with Crippen molar-refractivity contribution in [2.45, 2.75) is 20.8 Å². The first-order valence-corrected chi connectivity index (χ1v) is 7.01. The zero-order valence-electron chi connectivity index (χ0n) is 12.6. The molecule has 1 aromatic carbocycles. The van der Waals surface area contributed by atoms with Gasteiger partial charge in [-0.2, -0.15) is 5.10 Å². The minimum Gasteiger partial charge on any atom is -0.322 e. The third-order valence-electron chi connectivity index (χ3n) is 3.25. The third kappa shape index (κ3) is 3.52. The maximum Gasteiger partial charge on any atom is 0.248 e. The minimum absolute atomic E-state index is 0.192. The summed E-state index contributed by atoms with van der Waals surface area (Å²) in [6.07, 6.45) is 3.16. The van der Waals surface area contributed by atoms with Gasteiger partial charge in [0.2, 0.25) is 5.91 Å². The maximum absolute atomic E-state index is 12.0. The molecule has 0 aliphatic heterocycles. The quantitative estimate of drug-likeness (QED) is 0.880. The normalized spacial score (nSPS) is 11.1. The lowest BCUT2D eigenvalue weighted by Gasteiger charge is -2.07. The first-order chi connectivity index (χ1) is 9.88. The Labute approximate surface area is 129 Å². The van der Waals surface area contributed by atoms with Gasteiger partial charge in [0.1, 0.15) is 5.15 Å². The average Bonchev–Trinajstić information content (AvgIpc) is 2.66. The van der Waals surface area contributed by atoms with E-state index in [4.69, 9.17) is 11.6 Å². The van der Waals surface area contributed by atoms with Gasteiger partial charge in [-0.15, -0.1) is 0 Å². The predicted octanol–water partition coefficient (Wildman–Crippen LogP) is 3.65. The smallest absolute Gasteiger partial charge is 0.248 e. The zero-order chi connectivity index (χ0) is 15.6. The Hall–Kier alpha value is -2.07. The fourth-order valence-corrected chi connectivity index (χ4v) is 2.28. The maximum atomic E-state index is 12.0. The van der Waals surface area contributed by atoms with Gasteiger partial charge in [-0.1, -0.05) is 23.7 Å². The lowest BCUT2D eigenvalue weighted by molar-refractivity contribution is -0.111. The summed E-state index contributed by atoms with van der Waals surface area (Å²) in [5, 5.41) is 7.59. The summed E-state index contributed by atoms with van der Waals surface area (Å²) < 4.78 is 1.58. The molecule has 2 rings (SSSR count). The van der Waals surface area contributed by atoms with Gasteiger partial charge in [0, 0.05) is 24.4 Å². The van der Waals surface area contributed by atoms with Crippen molar-refractivity contribution in [1.29, 1.82) is 0 Å². The molecule has 4 nitrogen and oxygen atoms in total. The molecule has 5 heteroatoms. The SMILES string of the molecule is Cc1ccc(C)c(NC(=O)/C=C/c2c(C)nn(C)c2Cl)c1. The molecule has 0 spiro atoms. The molecule has 1 heterocycles.